The molecule has 1 N–H and O–H groups in total. The maximum absolute atomic E-state index is 12.8. The molecule has 1 unspecified atom stereocenters. The quantitative estimate of drug-likeness (QED) is 0.138. The van der Waals surface area contributed by atoms with Gasteiger partial charge in [-0.2, -0.15) is 0 Å². The first-order chi connectivity index (χ1) is 17.1. The third-order valence-electron chi connectivity index (χ3n) is 4.87. The van der Waals surface area contributed by atoms with E-state index in [1.807, 2.05) is 0 Å². The van der Waals surface area contributed by atoms with E-state index in [2.05, 4.69) is 5.32 Å². The number of benzene rings is 2. The molecule has 0 aliphatic carbocycles. The SMILES string of the molecule is O=C(NC(Oc1ccc(C=C2SC(=S)N(Cc3ccco3)C2=O)cc1)C(Cl)(Cl)Cl)c1ccc(Cl)cc1. The average Bonchev–Trinajstić information content (AvgIpc) is 3.44. The maximum Gasteiger partial charge on any atom is 0.266 e. The minimum atomic E-state index is -1.96. The van der Waals surface area contributed by atoms with E-state index < -0.39 is 15.9 Å². The number of rotatable bonds is 7. The molecule has 3 aromatic rings. The summed E-state index contributed by atoms with van der Waals surface area (Å²) in [4.78, 5) is 27.3. The summed E-state index contributed by atoms with van der Waals surface area (Å²) >= 11 is 30.5. The van der Waals surface area contributed by atoms with Crippen LogP contribution in [0.15, 0.2) is 76.2 Å². The summed E-state index contributed by atoms with van der Waals surface area (Å²) in [5, 5.41) is 3.05. The van der Waals surface area contributed by atoms with E-state index in [1.54, 1.807) is 73.0 Å². The van der Waals surface area contributed by atoms with Crippen molar-refractivity contribution in [2.24, 2.45) is 0 Å². The molecule has 6 nitrogen and oxygen atoms in total. The number of carbonyl (C=O) groups is 2. The first-order valence-corrected chi connectivity index (χ1v) is 13.0. The topological polar surface area (TPSA) is 71.8 Å². The Morgan fingerprint density at radius 1 is 1.14 bits per heavy atom. The van der Waals surface area contributed by atoms with Gasteiger partial charge >= 0.3 is 0 Å². The van der Waals surface area contributed by atoms with Gasteiger partial charge in [0, 0.05) is 10.6 Å². The Hall–Kier alpha value is -2.20. The number of nitrogens with zero attached hydrogens (tertiary/aromatic N) is 1. The van der Waals surface area contributed by atoms with Crippen molar-refractivity contribution in [1.29, 1.82) is 0 Å². The van der Waals surface area contributed by atoms with Crippen LogP contribution in [0.1, 0.15) is 21.7 Å². The van der Waals surface area contributed by atoms with Gasteiger partial charge in [-0.15, -0.1) is 0 Å². The Morgan fingerprint density at radius 3 is 2.44 bits per heavy atom. The largest absolute Gasteiger partial charge is 0.467 e. The van der Waals surface area contributed by atoms with E-state index >= 15 is 0 Å². The van der Waals surface area contributed by atoms with Crippen molar-refractivity contribution < 1.29 is 18.7 Å². The Bertz CT molecular complexity index is 1290. The van der Waals surface area contributed by atoms with E-state index in [4.69, 9.17) is 67.8 Å². The number of amides is 2. The van der Waals surface area contributed by atoms with Crippen LogP contribution in [0, 0.1) is 0 Å². The summed E-state index contributed by atoms with van der Waals surface area (Å²) < 4.78 is 9.55. The van der Waals surface area contributed by atoms with Crippen LogP contribution in [-0.4, -0.2) is 31.1 Å². The molecular weight excluding hydrogens is 586 g/mol. The number of thiocarbonyl (C=S) groups is 1. The van der Waals surface area contributed by atoms with Gasteiger partial charge in [-0.3, -0.25) is 14.5 Å². The zero-order valence-electron chi connectivity index (χ0n) is 18.1. The second-order valence-electron chi connectivity index (χ2n) is 7.44. The van der Waals surface area contributed by atoms with Crippen LogP contribution in [0.25, 0.3) is 6.08 Å². The van der Waals surface area contributed by atoms with Gasteiger partial charge in [0.15, 0.2) is 0 Å². The van der Waals surface area contributed by atoms with E-state index in [9.17, 15) is 9.59 Å². The van der Waals surface area contributed by atoms with Gasteiger partial charge in [0.1, 0.15) is 15.8 Å². The molecule has 1 aliphatic rings. The summed E-state index contributed by atoms with van der Waals surface area (Å²) in [7, 11) is 0. The van der Waals surface area contributed by atoms with Crippen molar-refractivity contribution in [2.75, 3.05) is 0 Å². The molecule has 4 rings (SSSR count). The molecule has 0 saturated carbocycles. The lowest BCUT2D eigenvalue weighted by molar-refractivity contribution is -0.122. The molecule has 2 amide bonds. The number of hydrogen-bond donors (Lipinski definition) is 1. The van der Waals surface area contributed by atoms with Gasteiger partial charge in [-0.1, -0.05) is 82.5 Å². The van der Waals surface area contributed by atoms with E-state index in [0.717, 1.165) is 5.56 Å². The van der Waals surface area contributed by atoms with Crippen molar-refractivity contribution >= 4 is 92.6 Å². The molecule has 1 fully saturated rings. The molecule has 1 aliphatic heterocycles. The number of hydrogen-bond acceptors (Lipinski definition) is 6. The summed E-state index contributed by atoms with van der Waals surface area (Å²) in [5.41, 5.74) is 1.05. The Morgan fingerprint density at radius 2 is 1.83 bits per heavy atom. The molecule has 36 heavy (non-hydrogen) atoms. The van der Waals surface area contributed by atoms with Crippen LogP contribution in [0.5, 0.6) is 5.75 Å². The molecule has 1 saturated heterocycles. The van der Waals surface area contributed by atoms with Gasteiger partial charge in [0.05, 0.1) is 17.7 Å². The molecule has 2 heterocycles. The lowest BCUT2D eigenvalue weighted by Gasteiger charge is -2.26. The second-order valence-corrected chi connectivity index (χ2v) is 11.9. The molecular formula is C24H16Cl4N2O4S2. The number of halogens is 4. The van der Waals surface area contributed by atoms with Gasteiger partial charge < -0.3 is 14.5 Å². The van der Waals surface area contributed by atoms with Gasteiger partial charge in [0.2, 0.25) is 10.0 Å². The predicted octanol–water partition coefficient (Wildman–Crippen LogP) is 6.84. The van der Waals surface area contributed by atoms with Crippen molar-refractivity contribution in [3.63, 3.8) is 0 Å². The fourth-order valence-corrected chi connectivity index (χ4v) is 4.78. The fourth-order valence-electron chi connectivity index (χ4n) is 3.11. The standard InChI is InChI=1S/C24H16Cl4N2O4S2/c25-16-7-5-15(6-8-16)20(31)29-22(24(26,27)28)34-17-9-3-14(4-10-17)12-19-21(32)30(23(35)36-19)13-18-2-1-11-33-18/h1-12,22H,13H2,(H,29,31). The second kappa shape index (κ2) is 11.5. The highest BCUT2D eigenvalue weighted by atomic mass is 35.6. The molecule has 1 atom stereocenters. The molecule has 2 aromatic carbocycles. The highest BCUT2D eigenvalue weighted by Crippen LogP contribution is 2.35. The van der Waals surface area contributed by atoms with Crippen LogP contribution in [-0.2, 0) is 11.3 Å². The Kier molecular flexibility index (Phi) is 8.55. The van der Waals surface area contributed by atoms with Crippen LogP contribution in [0.2, 0.25) is 5.02 Å². The predicted molar refractivity (Wildman–Crippen MR) is 147 cm³/mol. The Balaban J connectivity index is 1.43. The third kappa shape index (κ3) is 6.76. The zero-order chi connectivity index (χ0) is 25.9. The number of furan rings is 1. The fraction of sp³-hybridized carbons (Fsp3) is 0.125. The maximum atomic E-state index is 12.8. The number of nitrogens with one attached hydrogen (secondary N) is 1. The lowest BCUT2D eigenvalue weighted by atomic mass is 10.2. The summed E-state index contributed by atoms with van der Waals surface area (Å²) in [6.07, 6.45) is 1.98. The van der Waals surface area contributed by atoms with Crippen molar-refractivity contribution in [1.82, 2.24) is 10.2 Å². The zero-order valence-corrected chi connectivity index (χ0v) is 22.8. The minimum Gasteiger partial charge on any atom is -0.467 e. The van der Waals surface area contributed by atoms with E-state index in [1.165, 1.54) is 16.7 Å². The average molecular weight is 602 g/mol. The van der Waals surface area contributed by atoms with E-state index in [-0.39, 0.29) is 12.5 Å². The van der Waals surface area contributed by atoms with Gasteiger partial charge in [-0.25, -0.2) is 0 Å². The Labute approximate surface area is 236 Å². The lowest BCUT2D eigenvalue weighted by Crippen LogP contribution is -2.47. The summed E-state index contributed by atoms with van der Waals surface area (Å²) in [6.45, 7) is 0.266. The van der Waals surface area contributed by atoms with Crippen LogP contribution < -0.4 is 10.1 Å². The first-order valence-electron chi connectivity index (χ1n) is 10.3. The molecule has 12 heteroatoms. The first kappa shape index (κ1) is 26.9. The number of alkyl halides is 3. The number of carbonyl (C=O) groups excluding carboxylic acids is 2. The van der Waals surface area contributed by atoms with Crippen LogP contribution in [0.4, 0.5) is 0 Å². The van der Waals surface area contributed by atoms with Gasteiger partial charge in [0.25, 0.3) is 11.8 Å². The number of thioether (sulfide) groups is 1. The molecule has 1 aromatic heterocycles. The van der Waals surface area contributed by atoms with Crippen LogP contribution >= 0.6 is 70.4 Å². The normalized spacial score (nSPS) is 15.9. The highest BCUT2D eigenvalue weighted by molar-refractivity contribution is 8.26. The summed E-state index contributed by atoms with van der Waals surface area (Å²) in [5.74, 6) is 0.269. The monoisotopic (exact) mass is 600 g/mol. The molecule has 0 spiro atoms. The highest BCUT2D eigenvalue weighted by Gasteiger charge is 2.36. The molecule has 186 valence electrons. The van der Waals surface area contributed by atoms with Crippen LogP contribution in [0.3, 0.4) is 0 Å². The van der Waals surface area contributed by atoms with Crippen molar-refractivity contribution in [3.8, 4) is 5.75 Å². The molecule has 0 bridgehead atoms. The van der Waals surface area contributed by atoms with E-state index in [0.29, 0.717) is 31.3 Å². The third-order valence-corrected chi connectivity index (χ3v) is 7.09. The minimum absolute atomic E-state index is 0.206. The summed E-state index contributed by atoms with van der Waals surface area (Å²) in [6, 6.07) is 16.5. The van der Waals surface area contributed by atoms with Gasteiger partial charge in [-0.05, 0) is 60.2 Å². The van der Waals surface area contributed by atoms with Crippen molar-refractivity contribution in [3.05, 3.63) is 93.7 Å². The molecule has 0 radical (unpaired) electrons. The number of ether oxygens (including phenoxy) is 1. The smallest absolute Gasteiger partial charge is 0.266 e. The van der Waals surface area contributed by atoms with Crippen molar-refractivity contribution in [2.45, 2.75) is 16.6 Å².